The van der Waals surface area contributed by atoms with Crippen LogP contribution in [0.2, 0.25) is 0 Å². The summed E-state index contributed by atoms with van der Waals surface area (Å²) in [7, 11) is 0. The molecular formula is C13H17F3N2O2. The number of rotatable bonds is 6. The molecule has 0 fully saturated rings. The Morgan fingerprint density at radius 3 is 2.60 bits per heavy atom. The number of benzene rings is 1. The van der Waals surface area contributed by atoms with Gasteiger partial charge in [0.25, 0.3) is 0 Å². The molecule has 0 bridgehead atoms. The average Bonchev–Trinajstić information content (AvgIpc) is 2.41. The Labute approximate surface area is 115 Å². The van der Waals surface area contributed by atoms with Crippen LogP contribution in [0.5, 0.6) is 5.75 Å². The van der Waals surface area contributed by atoms with Gasteiger partial charge in [-0.15, -0.1) is 0 Å². The van der Waals surface area contributed by atoms with Gasteiger partial charge in [0.05, 0.1) is 17.7 Å². The molecule has 0 saturated carbocycles. The maximum atomic E-state index is 12.6. The Morgan fingerprint density at radius 2 is 2.05 bits per heavy atom. The largest absolute Gasteiger partial charge is 0.493 e. The molecule has 4 nitrogen and oxygen atoms in total. The van der Waals surface area contributed by atoms with Crippen molar-refractivity contribution in [1.82, 2.24) is 0 Å². The second kappa shape index (κ2) is 7.02. The summed E-state index contributed by atoms with van der Waals surface area (Å²) in [6, 6.07) is 2.90. The van der Waals surface area contributed by atoms with Gasteiger partial charge in [0.15, 0.2) is 5.84 Å². The minimum atomic E-state index is -4.49. The quantitative estimate of drug-likeness (QED) is 0.277. The third kappa shape index (κ3) is 4.32. The number of hydrogen-bond acceptors (Lipinski definition) is 3. The normalized spacial score (nSPS) is 12.5. The Kier molecular flexibility index (Phi) is 5.66. The molecule has 0 saturated heterocycles. The molecule has 0 atom stereocenters. The summed E-state index contributed by atoms with van der Waals surface area (Å²) in [4.78, 5) is 0. The zero-order valence-corrected chi connectivity index (χ0v) is 11.1. The second-order valence-electron chi connectivity index (χ2n) is 4.25. The van der Waals surface area contributed by atoms with Gasteiger partial charge in [-0.3, -0.25) is 0 Å². The number of hydrogen-bond donors (Lipinski definition) is 2. The van der Waals surface area contributed by atoms with E-state index in [1.54, 1.807) is 0 Å². The molecule has 0 heterocycles. The number of alkyl halides is 3. The number of oxime groups is 1. The lowest BCUT2D eigenvalue weighted by atomic mass is 10.1. The summed E-state index contributed by atoms with van der Waals surface area (Å²) in [6.45, 7) is 2.39. The third-order valence-corrected chi connectivity index (χ3v) is 2.70. The molecule has 0 radical (unpaired) electrons. The van der Waals surface area contributed by atoms with E-state index >= 15 is 0 Å². The lowest BCUT2D eigenvalue weighted by molar-refractivity contribution is -0.137. The van der Waals surface area contributed by atoms with Gasteiger partial charge in [-0.2, -0.15) is 13.2 Å². The Bertz CT molecular complexity index is 473. The van der Waals surface area contributed by atoms with E-state index in [4.69, 9.17) is 15.7 Å². The monoisotopic (exact) mass is 290 g/mol. The smallest absolute Gasteiger partial charge is 0.416 e. The summed E-state index contributed by atoms with van der Waals surface area (Å²) in [5.41, 5.74) is 4.44. The molecule has 0 spiro atoms. The third-order valence-electron chi connectivity index (χ3n) is 2.70. The molecule has 0 amide bonds. The Hall–Kier alpha value is -1.92. The molecule has 1 aromatic carbocycles. The maximum absolute atomic E-state index is 12.6. The number of nitrogens with two attached hydrogens (primary N) is 1. The molecule has 1 aromatic rings. The van der Waals surface area contributed by atoms with Crippen LogP contribution in [0.15, 0.2) is 23.4 Å². The van der Waals surface area contributed by atoms with Gasteiger partial charge in [0.2, 0.25) is 0 Å². The predicted octanol–water partition coefficient (Wildman–Crippen LogP) is 3.37. The SMILES string of the molecule is CCCCCOc1ccc(C(F)(F)F)cc1/C(N)=N/O. The van der Waals surface area contributed by atoms with Gasteiger partial charge >= 0.3 is 6.18 Å². The molecule has 20 heavy (non-hydrogen) atoms. The molecule has 112 valence electrons. The summed E-state index contributed by atoms with van der Waals surface area (Å²) in [5.74, 6) is -0.244. The Balaban J connectivity index is 2.99. The van der Waals surface area contributed by atoms with Crippen LogP contribution in [0.4, 0.5) is 13.2 Å². The molecule has 1 rings (SSSR count). The van der Waals surface area contributed by atoms with Crippen LogP contribution in [-0.2, 0) is 6.18 Å². The van der Waals surface area contributed by atoms with Crippen molar-refractivity contribution in [2.75, 3.05) is 6.61 Å². The van der Waals surface area contributed by atoms with Crippen LogP contribution >= 0.6 is 0 Å². The van der Waals surface area contributed by atoms with Crippen LogP contribution in [0.3, 0.4) is 0 Å². The highest BCUT2D eigenvalue weighted by molar-refractivity contribution is 5.99. The van der Waals surface area contributed by atoms with Gasteiger partial charge in [0.1, 0.15) is 5.75 Å². The van der Waals surface area contributed by atoms with Crippen LogP contribution in [0.1, 0.15) is 37.3 Å². The molecule has 3 N–H and O–H groups in total. The number of unbranched alkanes of at least 4 members (excludes halogenated alkanes) is 2. The van der Waals surface area contributed by atoms with E-state index in [2.05, 4.69) is 5.16 Å². The first-order valence-electron chi connectivity index (χ1n) is 6.22. The molecule has 0 aliphatic heterocycles. The van der Waals surface area contributed by atoms with Gasteiger partial charge in [-0.25, -0.2) is 0 Å². The van der Waals surface area contributed by atoms with E-state index < -0.39 is 17.6 Å². The first-order valence-corrected chi connectivity index (χ1v) is 6.22. The summed E-state index contributed by atoms with van der Waals surface area (Å²) >= 11 is 0. The second-order valence-corrected chi connectivity index (χ2v) is 4.25. The van der Waals surface area contributed by atoms with Crippen molar-refractivity contribution in [3.05, 3.63) is 29.3 Å². The molecule has 0 aliphatic rings. The van der Waals surface area contributed by atoms with Crippen LogP contribution in [-0.4, -0.2) is 17.6 Å². The minimum absolute atomic E-state index is 0.0705. The lowest BCUT2D eigenvalue weighted by Gasteiger charge is -2.13. The average molecular weight is 290 g/mol. The fourth-order valence-corrected chi connectivity index (χ4v) is 1.62. The highest BCUT2D eigenvalue weighted by atomic mass is 19.4. The lowest BCUT2D eigenvalue weighted by Crippen LogP contribution is -2.17. The zero-order valence-electron chi connectivity index (χ0n) is 11.1. The van der Waals surface area contributed by atoms with E-state index in [0.29, 0.717) is 6.61 Å². The van der Waals surface area contributed by atoms with Crippen molar-refractivity contribution in [2.24, 2.45) is 10.9 Å². The number of halogens is 3. The Morgan fingerprint density at radius 1 is 1.35 bits per heavy atom. The first-order chi connectivity index (χ1) is 9.40. The van der Waals surface area contributed by atoms with Crippen molar-refractivity contribution >= 4 is 5.84 Å². The van der Waals surface area contributed by atoms with Crippen molar-refractivity contribution < 1.29 is 23.1 Å². The fourth-order valence-electron chi connectivity index (χ4n) is 1.62. The summed E-state index contributed by atoms with van der Waals surface area (Å²) in [6.07, 6.45) is -1.75. The van der Waals surface area contributed by atoms with Crippen LogP contribution < -0.4 is 10.5 Å². The van der Waals surface area contributed by atoms with Gasteiger partial charge in [-0.1, -0.05) is 24.9 Å². The molecular weight excluding hydrogens is 273 g/mol. The van der Waals surface area contributed by atoms with E-state index in [9.17, 15) is 13.2 Å². The topological polar surface area (TPSA) is 67.8 Å². The van der Waals surface area contributed by atoms with Gasteiger partial charge in [-0.05, 0) is 24.6 Å². The van der Waals surface area contributed by atoms with E-state index in [0.717, 1.165) is 31.4 Å². The van der Waals surface area contributed by atoms with Crippen molar-refractivity contribution in [3.63, 3.8) is 0 Å². The van der Waals surface area contributed by atoms with E-state index in [1.807, 2.05) is 6.92 Å². The standard InChI is InChI=1S/C13H17F3N2O2/c1-2-3-4-7-20-11-6-5-9(13(14,15)16)8-10(11)12(17)18-19/h5-6,8,19H,2-4,7H2,1H3,(H2,17,18). The van der Waals surface area contributed by atoms with E-state index in [1.165, 1.54) is 6.07 Å². The van der Waals surface area contributed by atoms with Crippen molar-refractivity contribution in [3.8, 4) is 5.75 Å². The molecule has 7 heteroatoms. The fraction of sp³-hybridized carbons (Fsp3) is 0.462. The van der Waals surface area contributed by atoms with Gasteiger partial charge < -0.3 is 15.7 Å². The van der Waals surface area contributed by atoms with Crippen LogP contribution in [0.25, 0.3) is 0 Å². The van der Waals surface area contributed by atoms with Gasteiger partial charge in [0, 0.05) is 0 Å². The molecule has 0 aromatic heterocycles. The minimum Gasteiger partial charge on any atom is -0.493 e. The highest BCUT2D eigenvalue weighted by Crippen LogP contribution is 2.32. The van der Waals surface area contributed by atoms with Crippen LogP contribution in [0, 0.1) is 0 Å². The van der Waals surface area contributed by atoms with E-state index in [-0.39, 0.29) is 11.3 Å². The summed E-state index contributed by atoms with van der Waals surface area (Å²) < 4.78 is 43.3. The first kappa shape index (κ1) is 16.1. The number of ether oxygens (including phenoxy) is 1. The number of amidine groups is 1. The maximum Gasteiger partial charge on any atom is 0.416 e. The summed E-state index contributed by atoms with van der Waals surface area (Å²) in [5, 5.41) is 11.4. The molecule has 0 aliphatic carbocycles. The highest BCUT2D eigenvalue weighted by Gasteiger charge is 2.31. The molecule has 0 unspecified atom stereocenters. The van der Waals surface area contributed by atoms with Crippen molar-refractivity contribution in [2.45, 2.75) is 32.4 Å². The van der Waals surface area contributed by atoms with Crippen molar-refractivity contribution in [1.29, 1.82) is 0 Å². The zero-order chi connectivity index (χ0) is 15.2. The number of nitrogens with zero attached hydrogens (tertiary/aromatic N) is 1. The predicted molar refractivity (Wildman–Crippen MR) is 69.0 cm³/mol.